The molecule has 0 radical (unpaired) electrons. The molecule has 1 saturated heterocycles. The molecule has 1 aliphatic carbocycles. The van der Waals surface area contributed by atoms with Gasteiger partial charge in [-0.3, -0.25) is 0 Å². The first-order chi connectivity index (χ1) is 7.31. The van der Waals surface area contributed by atoms with Crippen LogP contribution in [0.5, 0.6) is 0 Å². The van der Waals surface area contributed by atoms with Gasteiger partial charge in [0.25, 0.3) is 0 Å². The molecule has 1 aliphatic heterocycles. The zero-order valence-corrected chi connectivity index (χ0v) is 9.46. The van der Waals surface area contributed by atoms with Crippen LogP contribution in [0.3, 0.4) is 0 Å². The van der Waals surface area contributed by atoms with Gasteiger partial charge < -0.3 is 15.5 Å². The van der Waals surface area contributed by atoms with Gasteiger partial charge in [0.05, 0.1) is 0 Å². The molecule has 2 amide bonds. The Balaban J connectivity index is 1.87. The predicted octanol–water partition coefficient (Wildman–Crippen LogP) is 0.932. The molecule has 0 aromatic rings. The molecular formula is C11H21N3O. The SMILES string of the molecule is CCCN(C(=O)NC1CC1)C1CCNC1. The molecular weight excluding hydrogens is 190 g/mol. The Labute approximate surface area is 91.4 Å². The van der Waals surface area contributed by atoms with Crippen molar-refractivity contribution in [1.82, 2.24) is 15.5 Å². The quantitative estimate of drug-likeness (QED) is 0.726. The van der Waals surface area contributed by atoms with Crippen LogP contribution in [-0.4, -0.2) is 42.6 Å². The van der Waals surface area contributed by atoms with Crippen LogP contribution in [0.2, 0.25) is 0 Å². The van der Waals surface area contributed by atoms with Crippen LogP contribution in [0.15, 0.2) is 0 Å². The largest absolute Gasteiger partial charge is 0.335 e. The number of rotatable bonds is 4. The van der Waals surface area contributed by atoms with Crippen molar-refractivity contribution in [2.24, 2.45) is 0 Å². The van der Waals surface area contributed by atoms with Gasteiger partial charge in [-0.25, -0.2) is 4.79 Å². The average Bonchev–Trinajstić information content (AvgIpc) is 2.87. The zero-order chi connectivity index (χ0) is 10.7. The van der Waals surface area contributed by atoms with Crippen molar-refractivity contribution in [3.05, 3.63) is 0 Å². The highest BCUT2D eigenvalue weighted by atomic mass is 16.2. The normalized spacial score (nSPS) is 25.3. The molecule has 1 heterocycles. The fourth-order valence-corrected chi connectivity index (χ4v) is 2.08. The first-order valence-electron chi connectivity index (χ1n) is 6.09. The summed E-state index contributed by atoms with van der Waals surface area (Å²) in [5.74, 6) is 0. The third kappa shape index (κ3) is 2.84. The maximum atomic E-state index is 12.0. The topological polar surface area (TPSA) is 44.4 Å². The number of urea groups is 1. The Morgan fingerprint density at radius 1 is 1.47 bits per heavy atom. The monoisotopic (exact) mass is 211 g/mol. The summed E-state index contributed by atoms with van der Waals surface area (Å²) < 4.78 is 0. The van der Waals surface area contributed by atoms with Gasteiger partial charge in [0, 0.05) is 25.2 Å². The number of amides is 2. The molecule has 2 aliphatic rings. The van der Waals surface area contributed by atoms with Crippen molar-refractivity contribution >= 4 is 6.03 Å². The minimum Gasteiger partial charge on any atom is -0.335 e. The lowest BCUT2D eigenvalue weighted by Crippen LogP contribution is -2.48. The Morgan fingerprint density at radius 2 is 2.27 bits per heavy atom. The summed E-state index contributed by atoms with van der Waals surface area (Å²) in [6, 6.07) is 1.02. The summed E-state index contributed by atoms with van der Waals surface area (Å²) in [5.41, 5.74) is 0. The summed E-state index contributed by atoms with van der Waals surface area (Å²) in [6.07, 6.45) is 4.45. The van der Waals surface area contributed by atoms with E-state index in [9.17, 15) is 4.79 Å². The van der Waals surface area contributed by atoms with E-state index in [1.807, 2.05) is 4.90 Å². The number of hydrogen-bond donors (Lipinski definition) is 2. The molecule has 0 aromatic carbocycles. The van der Waals surface area contributed by atoms with Gasteiger partial charge >= 0.3 is 6.03 Å². The van der Waals surface area contributed by atoms with E-state index >= 15 is 0 Å². The lowest BCUT2D eigenvalue weighted by Gasteiger charge is -2.28. The van der Waals surface area contributed by atoms with Gasteiger partial charge in [-0.15, -0.1) is 0 Å². The highest BCUT2D eigenvalue weighted by Crippen LogP contribution is 2.20. The Morgan fingerprint density at radius 3 is 2.80 bits per heavy atom. The standard InChI is InChI=1S/C11H21N3O/c1-2-7-14(10-5-6-12-8-10)11(15)13-9-3-4-9/h9-10,12H,2-8H2,1H3,(H,13,15). The first-order valence-corrected chi connectivity index (χ1v) is 6.09. The first kappa shape index (κ1) is 10.7. The van der Waals surface area contributed by atoms with E-state index in [0.29, 0.717) is 12.1 Å². The summed E-state index contributed by atoms with van der Waals surface area (Å²) in [7, 11) is 0. The summed E-state index contributed by atoms with van der Waals surface area (Å²) >= 11 is 0. The predicted molar refractivity (Wildman–Crippen MR) is 59.8 cm³/mol. The van der Waals surface area contributed by atoms with Crippen LogP contribution in [0, 0.1) is 0 Å². The summed E-state index contributed by atoms with van der Waals surface area (Å²) in [4.78, 5) is 14.0. The number of carbonyl (C=O) groups excluding carboxylic acids is 1. The lowest BCUT2D eigenvalue weighted by molar-refractivity contribution is 0.178. The average molecular weight is 211 g/mol. The van der Waals surface area contributed by atoms with Crippen LogP contribution < -0.4 is 10.6 Å². The molecule has 15 heavy (non-hydrogen) atoms. The van der Waals surface area contributed by atoms with E-state index in [1.165, 1.54) is 0 Å². The van der Waals surface area contributed by atoms with Crippen LogP contribution in [0.25, 0.3) is 0 Å². The Hall–Kier alpha value is -0.770. The minimum absolute atomic E-state index is 0.146. The zero-order valence-electron chi connectivity index (χ0n) is 9.46. The van der Waals surface area contributed by atoms with Gasteiger partial charge in [0.1, 0.15) is 0 Å². The molecule has 2 rings (SSSR count). The van der Waals surface area contributed by atoms with E-state index in [4.69, 9.17) is 0 Å². The van der Waals surface area contributed by atoms with E-state index in [0.717, 1.165) is 45.3 Å². The van der Waals surface area contributed by atoms with Crippen molar-refractivity contribution in [1.29, 1.82) is 0 Å². The number of carbonyl (C=O) groups is 1. The van der Waals surface area contributed by atoms with Crippen molar-refractivity contribution in [2.45, 2.75) is 44.7 Å². The number of hydrogen-bond acceptors (Lipinski definition) is 2. The van der Waals surface area contributed by atoms with Gasteiger partial charge in [0.2, 0.25) is 0 Å². The molecule has 2 N–H and O–H groups in total. The number of nitrogens with one attached hydrogen (secondary N) is 2. The Bertz CT molecular complexity index is 222. The molecule has 0 bridgehead atoms. The van der Waals surface area contributed by atoms with E-state index in [1.54, 1.807) is 0 Å². The summed E-state index contributed by atoms with van der Waals surface area (Å²) in [6.45, 7) is 5.00. The van der Waals surface area contributed by atoms with Gasteiger partial charge in [-0.05, 0) is 32.2 Å². The molecule has 1 saturated carbocycles. The molecule has 2 fully saturated rings. The van der Waals surface area contributed by atoms with Crippen molar-refractivity contribution < 1.29 is 4.79 Å². The maximum absolute atomic E-state index is 12.0. The Kier molecular flexibility index (Phi) is 3.46. The molecule has 0 spiro atoms. The van der Waals surface area contributed by atoms with Crippen LogP contribution in [-0.2, 0) is 0 Å². The second-order valence-corrected chi connectivity index (χ2v) is 4.56. The van der Waals surface area contributed by atoms with Gasteiger partial charge in [0.15, 0.2) is 0 Å². The van der Waals surface area contributed by atoms with E-state index < -0.39 is 0 Å². The third-order valence-corrected chi connectivity index (χ3v) is 3.11. The summed E-state index contributed by atoms with van der Waals surface area (Å²) in [5, 5.41) is 6.39. The molecule has 4 heteroatoms. The fraction of sp³-hybridized carbons (Fsp3) is 0.909. The van der Waals surface area contributed by atoms with Crippen LogP contribution >= 0.6 is 0 Å². The lowest BCUT2D eigenvalue weighted by atomic mass is 10.2. The molecule has 1 atom stereocenters. The third-order valence-electron chi connectivity index (χ3n) is 3.11. The minimum atomic E-state index is 0.146. The fourth-order valence-electron chi connectivity index (χ4n) is 2.08. The highest BCUT2D eigenvalue weighted by molar-refractivity contribution is 5.75. The van der Waals surface area contributed by atoms with Crippen molar-refractivity contribution in [2.75, 3.05) is 19.6 Å². The van der Waals surface area contributed by atoms with Crippen LogP contribution in [0.4, 0.5) is 4.79 Å². The molecule has 86 valence electrons. The molecule has 1 unspecified atom stereocenters. The number of nitrogens with zero attached hydrogens (tertiary/aromatic N) is 1. The molecule has 0 aromatic heterocycles. The maximum Gasteiger partial charge on any atom is 0.317 e. The second-order valence-electron chi connectivity index (χ2n) is 4.56. The van der Waals surface area contributed by atoms with Crippen LogP contribution in [0.1, 0.15) is 32.6 Å². The van der Waals surface area contributed by atoms with Crippen molar-refractivity contribution in [3.8, 4) is 0 Å². The van der Waals surface area contributed by atoms with E-state index in [2.05, 4.69) is 17.6 Å². The second kappa shape index (κ2) is 4.84. The van der Waals surface area contributed by atoms with Gasteiger partial charge in [-0.1, -0.05) is 6.92 Å². The van der Waals surface area contributed by atoms with Gasteiger partial charge in [-0.2, -0.15) is 0 Å². The smallest absolute Gasteiger partial charge is 0.317 e. The molecule has 4 nitrogen and oxygen atoms in total. The van der Waals surface area contributed by atoms with Crippen molar-refractivity contribution in [3.63, 3.8) is 0 Å². The highest BCUT2D eigenvalue weighted by Gasteiger charge is 2.30. The van der Waals surface area contributed by atoms with E-state index in [-0.39, 0.29) is 6.03 Å².